The molecule has 4 heteroatoms. The molecule has 5 rings (SSSR count). The molecule has 3 nitrogen and oxygen atoms in total. The molecule has 2 heterocycles. The molecule has 0 saturated heterocycles. The minimum Gasteiger partial charge on any atom is -0.456 e. The number of hydrogen-bond donors (Lipinski definition) is 0. The van der Waals surface area contributed by atoms with Crippen LogP contribution in [0, 0.1) is 26.3 Å². The first-order valence-electron chi connectivity index (χ1n) is 13.5. The lowest BCUT2D eigenvalue weighted by Gasteiger charge is -2.17. The summed E-state index contributed by atoms with van der Waals surface area (Å²) in [6.07, 6.45) is 1.04. The average molecular weight is 518 g/mol. The van der Waals surface area contributed by atoms with Crippen LogP contribution < -0.4 is 9.75 Å². The molecule has 0 unspecified atom stereocenters. The van der Waals surface area contributed by atoms with Gasteiger partial charge in [-0.1, -0.05) is 87.2 Å². The first kappa shape index (κ1) is 25.9. The maximum atomic E-state index is 7.91. The molecule has 0 N–H and O–H groups in total. The molecule has 3 aromatic carbocycles. The Labute approximate surface area is 227 Å². The van der Waals surface area contributed by atoms with Gasteiger partial charge in [0.1, 0.15) is 18.2 Å². The predicted molar refractivity (Wildman–Crippen MR) is 163 cm³/mol. The number of aromatic nitrogens is 1. The van der Waals surface area contributed by atoms with Gasteiger partial charge in [0.15, 0.2) is 11.4 Å². The van der Waals surface area contributed by atoms with E-state index in [0.29, 0.717) is 11.6 Å². The summed E-state index contributed by atoms with van der Waals surface area (Å²) in [6, 6.07) is 21.8. The van der Waals surface area contributed by atoms with Crippen molar-refractivity contribution in [3.05, 3.63) is 88.9 Å². The van der Waals surface area contributed by atoms with Crippen molar-refractivity contribution in [1.29, 1.82) is 0 Å². The molecule has 0 aliphatic carbocycles. The molecule has 192 valence electrons. The van der Waals surface area contributed by atoms with Crippen LogP contribution in [0.5, 0.6) is 0 Å². The van der Waals surface area contributed by atoms with E-state index in [1.807, 2.05) is 12.1 Å². The van der Waals surface area contributed by atoms with Crippen molar-refractivity contribution < 1.29 is 8.98 Å². The Balaban J connectivity index is 1.81. The average Bonchev–Trinajstić information content (AvgIpc) is 3.23. The van der Waals surface area contributed by atoms with Crippen LogP contribution >= 0.6 is 0 Å². The summed E-state index contributed by atoms with van der Waals surface area (Å²) in [5.74, 6) is 0.583. The Hall–Kier alpha value is -3.68. The molecule has 0 fully saturated rings. The molecular weight excluding hydrogens is 480 g/mol. The van der Waals surface area contributed by atoms with Crippen molar-refractivity contribution in [3.8, 4) is 22.4 Å². The number of aryl methyl sites for hydroxylation is 2. The molecule has 0 aliphatic rings. The molecular formula is C34H37N2OSi+. The van der Waals surface area contributed by atoms with Gasteiger partial charge in [-0.3, -0.25) is 0 Å². The lowest BCUT2D eigenvalue weighted by molar-refractivity contribution is -0.666. The molecule has 0 bridgehead atoms. The van der Waals surface area contributed by atoms with Gasteiger partial charge in [-0.15, -0.1) is 0 Å². The molecule has 0 amide bonds. The quantitative estimate of drug-likeness (QED) is 0.130. The van der Waals surface area contributed by atoms with E-state index in [1.165, 1.54) is 22.0 Å². The van der Waals surface area contributed by atoms with Gasteiger partial charge >= 0.3 is 0 Å². The van der Waals surface area contributed by atoms with Crippen LogP contribution in [0.15, 0.2) is 65.1 Å². The van der Waals surface area contributed by atoms with Crippen LogP contribution in [-0.4, -0.2) is 8.07 Å². The molecule has 0 aliphatic heterocycles. The third-order valence-corrected chi connectivity index (χ3v) is 9.73. The van der Waals surface area contributed by atoms with Crippen LogP contribution in [0.4, 0.5) is 5.69 Å². The summed E-state index contributed by atoms with van der Waals surface area (Å²) in [5.41, 5.74) is 10.2. The molecule has 38 heavy (non-hydrogen) atoms. The summed E-state index contributed by atoms with van der Waals surface area (Å²) in [7, 11) is 0.710. The van der Waals surface area contributed by atoms with E-state index >= 15 is 0 Å². The number of nitrogens with zero attached hydrogens (tertiary/aromatic N) is 2. The molecule has 2 aromatic heterocycles. The highest BCUT2D eigenvalue weighted by molar-refractivity contribution is 6.88. The number of furan rings is 1. The number of fused-ring (bicyclic) bond motifs is 3. The summed E-state index contributed by atoms with van der Waals surface area (Å²) in [4.78, 5) is 3.90. The zero-order valence-electron chi connectivity index (χ0n) is 23.9. The van der Waals surface area contributed by atoms with Crippen LogP contribution in [0.25, 0.3) is 49.2 Å². The topological polar surface area (TPSA) is 21.4 Å². The van der Waals surface area contributed by atoms with E-state index in [0.717, 1.165) is 50.7 Å². The highest BCUT2D eigenvalue weighted by Gasteiger charge is 2.25. The summed E-state index contributed by atoms with van der Waals surface area (Å²) in [6.45, 7) is 23.8. The first-order chi connectivity index (χ1) is 18.0. The monoisotopic (exact) mass is 517 g/mol. The standard InChI is InChI=1S/C34H37N2OSi/c1-21(2)18-24-19-23(4)36(6)30(20-24)31-22(3)10-15-27-28-16-17-29(35-5)32(34(28)37-33(27)31)25-11-13-26(14-12-25)38(7,8)9/h10-17,19-21H,18H2,1-4,6-9H3/q+1. The van der Waals surface area contributed by atoms with Gasteiger partial charge in [0, 0.05) is 35.4 Å². The van der Waals surface area contributed by atoms with Crippen molar-refractivity contribution in [2.24, 2.45) is 13.0 Å². The van der Waals surface area contributed by atoms with Gasteiger partial charge in [-0.25, -0.2) is 4.85 Å². The Morgan fingerprint density at radius 1 is 0.868 bits per heavy atom. The van der Waals surface area contributed by atoms with E-state index in [1.54, 1.807) is 0 Å². The van der Waals surface area contributed by atoms with Gasteiger partial charge in [0.25, 0.3) is 0 Å². The number of pyridine rings is 1. The lowest BCUT2D eigenvalue weighted by Crippen LogP contribution is -2.37. The summed E-state index contributed by atoms with van der Waals surface area (Å²) >= 11 is 0. The van der Waals surface area contributed by atoms with Crippen molar-refractivity contribution in [2.75, 3.05) is 0 Å². The zero-order valence-corrected chi connectivity index (χ0v) is 24.9. The van der Waals surface area contributed by atoms with Crippen LogP contribution in [-0.2, 0) is 13.5 Å². The number of benzene rings is 3. The minimum atomic E-state index is -1.42. The number of hydrogen-bond acceptors (Lipinski definition) is 1. The second-order valence-corrected chi connectivity index (χ2v) is 17.1. The van der Waals surface area contributed by atoms with E-state index < -0.39 is 8.07 Å². The van der Waals surface area contributed by atoms with Crippen molar-refractivity contribution in [2.45, 2.75) is 53.8 Å². The highest BCUT2D eigenvalue weighted by Crippen LogP contribution is 2.44. The van der Waals surface area contributed by atoms with E-state index in [4.69, 9.17) is 11.0 Å². The Bertz CT molecular complexity index is 1730. The normalized spacial score (nSPS) is 12.0. The van der Waals surface area contributed by atoms with Crippen molar-refractivity contribution in [1.82, 2.24) is 0 Å². The Morgan fingerprint density at radius 3 is 2.11 bits per heavy atom. The van der Waals surface area contributed by atoms with E-state index in [-0.39, 0.29) is 0 Å². The van der Waals surface area contributed by atoms with Crippen molar-refractivity contribution in [3.63, 3.8) is 0 Å². The third-order valence-electron chi connectivity index (χ3n) is 7.66. The molecule has 5 aromatic rings. The van der Waals surface area contributed by atoms with Crippen molar-refractivity contribution >= 4 is 40.9 Å². The highest BCUT2D eigenvalue weighted by atomic mass is 28.3. The van der Waals surface area contributed by atoms with Gasteiger partial charge in [0.05, 0.1) is 20.2 Å². The lowest BCUT2D eigenvalue weighted by atomic mass is 9.96. The SMILES string of the molecule is [C-]#[N+]c1ccc2c(oc3c(-c4cc(CC(C)C)cc(C)[n+]4C)c(C)ccc32)c1-c1ccc([Si](C)(C)C)cc1. The third kappa shape index (κ3) is 4.46. The van der Waals surface area contributed by atoms with E-state index in [2.05, 4.69) is 112 Å². The molecule has 0 spiro atoms. The molecule has 0 radical (unpaired) electrons. The Kier molecular flexibility index (Phi) is 6.53. The maximum absolute atomic E-state index is 7.91. The fraction of sp³-hybridized carbons (Fsp3) is 0.294. The zero-order chi connectivity index (χ0) is 27.4. The molecule has 0 saturated carbocycles. The van der Waals surface area contributed by atoms with Crippen LogP contribution in [0.2, 0.25) is 19.6 Å². The summed E-state index contributed by atoms with van der Waals surface area (Å²) in [5, 5.41) is 3.55. The van der Waals surface area contributed by atoms with Gasteiger partial charge in [-0.05, 0) is 36.0 Å². The van der Waals surface area contributed by atoms with Crippen LogP contribution in [0.3, 0.4) is 0 Å². The van der Waals surface area contributed by atoms with Gasteiger partial charge < -0.3 is 4.42 Å². The second kappa shape index (κ2) is 9.56. The Morgan fingerprint density at radius 2 is 1.50 bits per heavy atom. The summed E-state index contributed by atoms with van der Waals surface area (Å²) < 4.78 is 9.08. The fourth-order valence-electron chi connectivity index (χ4n) is 5.52. The van der Waals surface area contributed by atoms with E-state index in [9.17, 15) is 0 Å². The number of rotatable bonds is 5. The predicted octanol–water partition coefficient (Wildman–Crippen LogP) is 8.66. The minimum absolute atomic E-state index is 0.583. The molecule has 0 atom stereocenters. The van der Waals surface area contributed by atoms with Gasteiger partial charge in [0.2, 0.25) is 5.69 Å². The first-order valence-corrected chi connectivity index (χ1v) is 17.0. The fourth-order valence-corrected chi connectivity index (χ4v) is 6.68. The van der Waals surface area contributed by atoms with Gasteiger partial charge in [-0.2, -0.15) is 4.57 Å². The maximum Gasteiger partial charge on any atom is 0.216 e. The largest absolute Gasteiger partial charge is 0.456 e. The second-order valence-electron chi connectivity index (χ2n) is 12.1. The smallest absolute Gasteiger partial charge is 0.216 e. The van der Waals surface area contributed by atoms with Crippen LogP contribution in [0.1, 0.15) is 30.7 Å².